The van der Waals surface area contributed by atoms with Crippen LogP contribution in [0.5, 0.6) is 0 Å². The second-order valence-electron chi connectivity index (χ2n) is 7.80. The number of para-hydroxylation sites is 1. The van der Waals surface area contributed by atoms with Crippen molar-refractivity contribution in [3.63, 3.8) is 0 Å². The van der Waals surface area contributed by atoms with Gasteiger partial charge in [0.1, 0.15) is 0 Å². The summed E-state index contributed by atoms with van der Waals surface area (Å²) in [7, 11) is 0. The molecule has 0 radical (unpaired) electrons. The summed E-state index contributed by atoms with van der Waals surface area (Å²) in [6.45, 7) is 0. The minimum absolute atomic E-state index is 0.125. The van der Waals surface area contributed by atoms with Gasteiger partial charge in [0.25, 0.3) is 11.8 Å². The van der Waals surface area contributed by atoms with Crippen molar-refractivity contribution in [2.24, 2.45) is 5.10 Å². The second kappa shape index (κ2) is 7.84. The Morgan fingerprint density at radius 2 is 1.56 bits per heavy atom. The molecule has 3 aromatic rings. The summed E-state index contributed by atoms with van der Waals surface area (Å²) >= 11 is 3.46. The van der Waals surface area contributed by atoms with Gasteiger partial charge in [-0.05, 0) is 42.0 Å². The molecule has 3 aromatic carbocycles. The molecule has 1 unspecified atom stereocenters. The molecule has 0 aromatic heterocycles. The van der Waals surface area contributed by atoms with Crippen molar-refractivity contribution in [1.29, 1.82) is 0 Å². The fraction of sp³-hybridized carbons (Fsp3) is 0.120. The summed E-state index contributed by atoms with van der Waals surface area (Å²) in [6, 6.07) is 25.0. The first-order valence-corrected chi connectivity index (χ1v) is 10.9. The number of amides is 3. The van der Waals surface area contributed by atoms with Gasteiger partial charge >= 0.3 is 0 Å². The van der Waals surface area contributed by atoms with E-state index in [0.717, 1.165) is 10.0 Å². The fourth-order valence-electron chi connectivity index (χ4n) is 4.24. The molecule has 3 amide bonds. The molecular formula is C25H18BrN3O3. The summed E-state index contributed by atoms with van der Waals surface area (Å²) in [6.07, 6.45) is 0.0379. The molecule has 0 bridgehead atoms. The Morgan fingerprint density at radius 3 is 2.25 bits per heavy atom. The summed E-state index contributed by atoms with van der Waals surface area (Å²) in [5.74, 6) is -1.20. The number of halogens is 1. The number of nitrogens with zero attached hydrogens (tertiary/aromatic N) is 3. The molecule has 7 heteroatoms. The third-order valence-electron chi connectivity index (χ3n) is 5.77. The molecule has 2 aliphatic rings. The number of hydrazone groups is 1. The Morgan fingerprint density at radius 1 is 0.875 bits per heavy atom. The van der Waals surface area contributed by atoms with Crippen molar-refractivity contribution < 1.29 is 14.4 Å². The summed E-state index contributed by atoms with van der Waals surface area (Å²) in [4.78, 5) is 41.5. The summed E-state index contributed by atoms with van der Waals surface area (Å²) < 4.78 is 0.860. The van der Waals surface area contributed by atoms with Gasteiger partial charge in [-0.3, -0.25) is 14.4 Å². The van der Waals surface area contributed by atoms with E-state index in [4.69, 9.17) is 0 Å². The van der Waals surface area contributed by atoms with E-state index in [-0.39, 0.29) is 18.7 Å². The average Bonchev–Trinajstić information content (AvgIpc) is 3.31. The number of carbonyl (C=O) groups excluding carboxylic acids is 3. The molecular weight excluding hydrogens is 470 g/mol. The number of imide groups is 1. The van der Waals surface area contributed by atoms with Gasteiger partial charge in [-0.1, -0.05) is 64.5 Å². The van der Waals surface area contributed by atoms with E-state index in [2.05, 4.69) is 21.0 Å². The third kappa shape index (κ3) is 3.26. The zero-order valence-corrected chi connectivity index (χ0v) is 18.5. The smallest absolute Gasteiger partial charge is 0.274 e. The van der Waals surface area contributed by atoms with Gasteiger partial charge in [-0.2, -0.15) is 5.10 Å². The van der Waals surface area contributed by atoms with E-state index in [0.29, 0.717) is 17.0 Å². The Labute approximate surface area is 193 Å². The topological polar surface area (TPSA) is 70.0 Å². The van der Waals surface area contributed by atoms with Crippen LogP contribution >= 0.6 is 15.9 Å². The SMILES string of the molecule is O=C1CC2(CC(c3cccc(Br)c3)=NN2C(=O)c2ccccc2)C(=O)N1c1ccccc1. The van der Waals surface area contributed by atoms with Crippen LogP contribution in [0.15, 0.2) is 94.5 Å². The maximum absolute atomic E-state index is 13.8. The number of hydrogen-bond donors (Lipinski definition) is 0. The minimum atomic E-state index is -1.39. The molecule has 6 nitrogen and oxygen atoms in total. The van der Waals surface area contributed by atoms with Crippen LogP contribution in [0.4, 0.5) is 5.69 Å². The normalized spacial score (nSPS) is 20.2. The molecule has 1 fully saturated rings. The molecule has 1 atom stereocenters. The Hall–Kier alpha value is -3.58. The van der Waals surface area contributed by atoms with Gasteiger partial charge in [0.2, 0.25) is 5.91 Å². The number of benzene rings is 3. The van der Waals surface area contributed by atoms with E-state index in [9.17, 15) is 14.4 Å². The van der Waals surface area contributed by atoms with E-state index in [1.807, 2.05) is 36.4 Å². The first-order valence-electron chi connectivity index (χ1n) is 10.1. The zero-order valence-electron chi connectivity index (χ0n) is 16.9. The maximum atomic E-state index is 13.8. The van der Waals surface area contributed by atoms with Gasteiger partial charge in [0.05, 0.1) is 17.8 Å². The number of rotatable bonds is 3. The van der Waals surface area contributed by atoms with E-state index in [1.165, 1.54) is 9.91 Å². The monoisotopic (exact) mass is 487 g/mol. The van der Waals surface area contributed by atoms with Crippen LogP contribution in [0.1, 0.15) is 28.8 Å². The number of carbonyl (C=O) groups is 3. The standard InChI is InChI=1S/C25H18BrN3O3/c26-19-11-7-10-18(14-19)21-15-25(29(27-21)23(31)17-8-3-1-4-9-17)16-22(30)28(24(25)32)20-12-5-2-6-13-20/h1-14H,15-16H2. The molecule has 1 saturated heterocycles. The van der Waals surface area contributed by atoms with Crippen molar-refractivity contribution in [2.45, 2.75) is 18.4 Å². The molecule has 0 saturated carbocycles. The van der Waals surface area contributed by atoms with Gasteiger partial charge in [-0.25, -0.2) is 9.91 Å². The zero-order chi connectivity index (χ0) is 22.3. The largest absolute Gasteiger partial charge is 0.275 e. The van der Waals surface area contributed by atoms with E-state index in [1.54, 1.807) is 48.5 Å². The lowest BCUT2D eigenvalue weighted by molar-refractivity contribution is -0.125. The quantitative estimate of drug-likeness (QED) is 0.514. The highest BCUT2D eigenvalue weighted by Crippen LogP contribution is 2.42. The van der Waals surface area contributed by atoms with Gasteiger partial charge in [-0.15, -0.1) is 0 Å². The van der Waals surface area contributed by atoms with Crippen molar-refractivity contribution in [1.82, 2.24) is 5.01 Å². The second-order valence-corrected chi connectivity index (χ2v) is 8.71. The van der Waals surface area contributed by atoms with Crippen LogP contribution in [0, 0.1) is 0 Å². The third-order valence-corrected chi connectivity index (χ3v) is 6.26. The van der Waals surface area contributed by atoms with Crippen LogP contribution in [-0.2, 0) is 9.59 Å². The average molecular weight is 488 g/mol. The number of anilines is 1. The van der Waals surface area contributed by atoms with Gasteiger partial charge in [0.15, 0.2) is 5.54 Å². The summed E-state index contributed by atoms with van der Waals surface area (Å²) in [5.41, 5.74) is 0.886. The van der Waals surface area contributed by atoms with Crippen LogP contribution < -0.4 is 4.90 Å². The lowest BCUT2D eigenvalue weighted by atomic mass is 9.88. The molecule has 2 aliphatic heterocycles. The lowest BCUT2D eigenvalue weighted by Gasteiger charge is -2.30. The Kier molecular flexibility index (Phi) is 4.98. The predicted molar refractivity (Wildman–Crippen MR) is 124 cm³/mol. The molecule has 0 N–H and O–H groups in total. The molecule has 32 heavy (non-hydrogen) atoms. The van der Waals surface area contributed by atoms with Crippen molar-refractivity contribution in [3.05, 3.63) is 101 Å². The van der Waals surface area contributed by atoms with E-state index < -0.39 is 17.4 Å². The Bertz CT molecular complexity index is 1260. The minimum Gasteiger partial charge on any atom is -0.274 e. The maximum Gasteiger partial charge on any atom is 0.275 e. The van der Waals surface area contributed by atoms with Gasteiger partial charge in [0, 0.05) is 16.5 Å². The highest BCUT2D eigenvalue weighted by Gasteiger charge is 2.61. The van der Waals surface area contributed by atoms with Crippen LogP contribution in [0.25, 0.3) is 0 Å². The Balaban J connectivity index is 1.61. The predicted octanol–water partition coefficient (Wildman–Crippen LogP) is 4.40. The fourth-order valence-corrected chi connectivity index (χ4v) is 4.64. The number of hydrogen-bond acceptors (Lipinski definition) is 4. The first kappa shape index (κ1) is 20.3. The highest BCUT2D eigenvalue weighted by atomic mass is 79.9. The van der Waals surface area contributed by atoms with Crippen LogP contribution in [-0.4, -0.2) is 34.0 Å². The molecule has 0 aliphatic carbocycles. The summed E-state index contributed by atoms with van der Waals surface area (Å²) in [5, 5.41) is 5.83. The molecule has 158 valence electrons. The molecule has 5 rings (SSSR count). The van der Waals surface area contributed by atoms with Crippen LogP contribution in [0.3, 0.4) is 0 Å². The molecule has 1 spiro atoms. The van der Waals surface area contributed by atoms with Crippen molar-refractivity contribution in [3.8, 4) is 0 Å². The van der Waals surface area contributed by atoms with Gasteiger partial charge < -0.3 is 0 Å². The van der Waals surface area contributed by atoms with Crippen molar-refractivity contribution >= 4 is 45.1 Å². The van der Waals surface area contributed by atoms with Crippen LogP contribution in [0.2, 0.25) is 0 Å². The van der Waals surface area contributed by atoms with E-state index >= 15 is 0 Å². The lowest BCUT2D eigenvalue weighted by Crippen LogP contribution is -2.52. The first-order chi connectivity index (χ1) is 15.5. The highest BCUT2D eigenvalue weighted by molar-refractivity contribution is 9.10. The molecule has 2 heterocycles. The van der Waals surface area contributed by atoms with Crippen molar-refractivity contribution in [2.75, 3.05) is 4.90 Å².